The lowest BCUT2D eigenvalue weighted by atomic mass is 10.3. The summed E-state index contributed by atoms with van der Waals surface area (Å²) in [4.78, 5) is 9.76. The number of hydrogen-bond donors (Lipinski definition) is 1. The molecule has 0 heterocycles. The number of nitrogens with one attached hydrogen (secondary N) is 1. The van der Waals surface area contributed by atoms with Gasteiger partial charge in [-0.1, -0.05) is 29.8 Å². The summed E-state index contributed by atoms with van der Waals surface area (Å²) < 4.78 is 32.5. The van der Waals surface area contributed by atoms with E-state index in [4.69, 9.17) is 16.3 Å². The van der Waals surface area contributed by atoms with Crippen LogP contribution in [0.3, 0.4) is 0 Å². The van der Waals surface area contributed by atoms with Gasteiger partial charge in [-0.25, -0.2) is 13.1 Å². The van der Waals surface area contributed by atoms with E-state index < -0.39 is 31.6 Å². The highest BCUT2D eigenvalue weighted by atomic mass is 35.5. The van der Waals surface area contributed by atoms with Crippen LogP contribution >= 0.6 is 11.6 Å². The monoisotopic (exact) mass is 370 g/mol. The summed E-state index contributed by atoms with van der Waals surface area (Å²) in [7, 11) is -4.10. The number of halogens is 1. The molecule has 0 amide bonds. The highest BCUT2D eigenvalue weighted by Gasteiger charge is 2.26. The minimum atomic E-state index is -4.10. The fourth-order valence-electron chi connectivity index (χ4n) is 1.93. The van der Waals surface area contributed by atoms with Crippen molar-refractivity contribution in [1.29, 1.82) is 0 Å². The van der Waals surface area contributed by atoms with Crippen LogP contribution in [0.4, 0.5) is 5.69 Å². The topological polar surface area (TPSA) is 98.5 Å². The summed E-state index contributed by atoms with van der Waals surface area (Å²) in [6.45, 7) is 1.63. The molecule has 0 spiro atoms. The first-order chi connectivity index (χ1) is 11.3. The molecule has 0 aromatic heterocycles. The van der Waals surface area contributed by atoms with Gasteiger partial charge in [-0.3, -0.25) is 10.1 Å². The summed E-state index contributed by atoms with van der Waals surface area (Å²) in [5.74, 6) is 0.595. The molecule has 2 aromatic rings. The highest BCUT2D eigenvalue weighted by Crippen LogP contribution is 2.26. The SMILES string of the molecule is CC(CNS(=O)(=O)c1cc(Cl)ccc1[N+](=O)[O-])Oc1ccccc1. The zero-order chi connectivity index (χ0) is 17.7. The smallest absolute Gasteiger partial charge is 0.289 e. The van der Waals surface area contributed by atoms with Crippen LogP contribution in [0.2, 0.25) is 5.02 Å². The lowest BCUT2D eigenvalue weighted by Crippen LogP contribution is -2.33. The van der Waals surface area contributed by atoms with Gasteiger partial charge in [-0.05, 0) is 31.2 Å². The van der Waals surface area contributed by atoms with Gasteiger partial charge in [0.1, 0.15) is 11.9 Å². The Morgan fingerprint density at radius 3 is 2.54 bits per heavy atom. The number of benzene rings is 2. The molecular formula is C15H15ClN2O5S. The van der Waals surface area contributed by atoms with E-state index >= 15 is 0 Å². The van der Waals surface area contributed by atoms with Crippen LogP contribution < -0.4 is 9.46 Å². The van der Waals surface area contributed by atoms with Gasteiger partial charge in [0, 0.05) is 17.6 Å². The van der Waals surface area contributed by atoms with Crippen LogP contribution in [-0.4, -0.2) is 26.0 Å². The number of sulfonamides is 1. The minimum absolute atomic E-state index is 0.0547. The molecule has 0 bridgehead atoms. The van der Waals surface area contributed by atoms with E-state index in [1.54, 1.807) is 31.2 Å². The van der Waals surface area contributed by atoms with Gasteiger partial charge in [-0.15, -0.1) is 0 Å². The molecule has 1 unspecified atom stereocenters. The molecule has 0 aliphatic heterocycles. The van der Waals surface area contributed by atoms with Crippen molar-refractivity contribution in [3.8, 4) is 5.75 Å². The van der Waals surface area contributed by atoms with E-state index in [1.165, 1.54) is 6.07 Å². The molecular weight excluding hydrogens is 356 g/mol. The molecule has 2 rings (SSSR count). The number of nitro benzene ring substituents is 1. The quantitative estimate of drug-likeness (QED) is 0.596. The Balaban J connectivity index is 2.11. The van der Waals surface area contributed by atoms with Gasteiger partial charge in [-0.2, -0.15) is 0 Å². The Kier molecular flexibility index (Phi) is 5.76. The molecule has 0 radical (unpaired) electrons. The molecule has 0 aliphatic rings. The molecule has 128 valence electrons. The standard InChI is InChI=1S/C15H15ClN2O5S/c1-11(23-13-5-3-2-4-6-13)10-17-24(21,22)15-9-12(16)7-8-14(15)18(19)20/h2-9,11,17H,10H2,1H3. The van der Waals surface area contributed by atoms with Crippen LogP contribution in [0.5, 0.6) is 5.75 Å². The maximum absolute atomic E-state index is 12.3. The maximum atomic E-state index is 12.3. The molecule has 24 heavy (non-hydrogen) atoms. The number of rotatable bonds is 7. The summed E-state index contributed by atoms with van der Waals surface area (Å²) >= 11 is 5.76. The Hall–Kier alpha value is -2.16. The number of hydrogen-bond acceptors (Lipinski definition) is 5. The van der Waals surface area contributed by atoms with Crippen molar-refractivity contribution < 1.29 is 18.1 Å². The van der Waals surface area contributed by atoms with E-state index in [0.717, 1.165) is 12.1 Å². The summed E-state index contributed by atoms with van der Waals surface area (Å²) in [6.07, 6.45) is -0.472. The van der Waals surface area contributed by atoms with Crippen molar-refractivity contribution in [2.45, 2.75) is 17.9 Å². The van der Waals surface area contributed by atoms with Crippen LogP contribution in [0.1, 0.15) is 6.92 Å². The molecule has 9 heteroatoms. The fourth-order valence-corrected chi connectivity index (χ4v) is 3.48. The van der Waals surface area contributed by atoms with Crippen molar-refractivity contribution in [2.75, 3.05) is 6.54 Å². The van der Waals surface area contributed by atoms with E-state index in [-0.39, 0.29) is 11.6 Å². The van der Waals surface area contributed by atoms with Crippen LogP contribution in [0.25, 0.3) is 0 Å². The summed E-state index contributed by atoms with van der Waals surface area (Å²) in [6, 6.07) is 12.3. The van der Waals surface area contributed by atoms with Gasteiger partial charge in [0.2, 0.25) is 10.0 Å². The van der Waals surface area contributed by atoms with Crippen molar-refractivity contribution in [2.24, 2.45) is 0 Å². The zero-order valence-corrected chi connectivity index (χ0v) is 14.3. The summed E-state index contributed by atoms with van der Waals surface area (Å²) in [5.41, 5.74) is -0.538. The van der Waals surface area contributed by atoms with Crippen LogP contribution in [0, 0.1) is 10.1 Å². The van der Waals surface area contributed by atoms with Crippen molar-refractivity contribution >= 4 is 27.3 Å². The van der Waals surface area contributed by atoms with Crippen LogP contribution in [0.15, 0.2) is 53.4 Å². The van der Waals surface area contributed by atoms with Crippen molar-refractivity contribution in [1.82, 2.24) is 4.72 Å². The zero-order valence-electron chi connectivity index (χ0n) is 12.7. The molecule has 0 fully saturated rings. The molecule has 0 saturated carbocycles. The number of nitrogens with zero attached hydrogens (tertiary/aromatic N) is 1. The second kappa shape index (κ2) is 7.61. The van der Waals surface area contributed by atoms with Gasteiger partial charge in [0.15, 0.2) is 4.90 Å². The van der Waals surface area contributed by atoms with Crippen LogP contribution in [-0.2, 0) is 10.0 Å². The maximum Gasteiger partial charge on any atom is 0.289 e. The normalized spacial score (nSPS) is 12.6. The lowest BCUT2D eigenvalue weighted by molar-refractivity contribution is -0.387. The van der Waals surface area contributed by atoms with E-state index in [9.17, 15) is 18.5 Å². The van der Waals surface area contributed by atoms with E-state index in [0.29, 0.717) is 5.75 Å². The van der Waals surface area contributed by atoms with Gasteiger partial charge in [0.05, 0.1) is 4.92 Å². The highest BCUT2D eigenvalue weighted by molar-refractivity contribution is 7.89. The second-order valence-corrected chi connectivity index (χ2v) is 7.13. The largest absolute Gasteiger partial charge is 0.489 e. The summed E-state index contributed by atoms with van der Waals surface area (Å²) in [5, 5.41) is 11.1. The molecule has 1 atom stereocenters. The molecule has 7 nitrogen and oxygen atoms in total. The number of ether oxygens (including phenoxy) is 1. The van der Waals surface area contributed by atoms with Crippen molar-refractivity contribution in [3.63, 3.8) is 0 Å². The lowest BCUT2D eigenvalue weighted by Gasteiger charge is -2.15. The molecule has 0 aliphatic carbocycles. The first-order valence-corrected chi connectivity index (χ1v) is 8.81. The molecule has 0 saturated heterocycles. The van der Waals surface area contributed by atoms with Gasteiger partial charge in [0.25, 0.3) is 5.69 Å². The second-order valence-electron chi connectivity index (χ2n) is 4.96. The first kappa shape index (κ1) is 18.2. The Morgan fingerprint density at radius 2 is 1.92 bits per heavy atom. The molecule has 2 aromatic carbocycles. The minimum Gasteiger partial charge on any atom is -0.489 e. The van der Waals surface area contributed by atoms with Gasteiger partial charge >= 0.3 is 0 Å². The third-order valence-corrected chi connectivity index (χ3v) is 4.74. The number of para-hydroxylation sites is 1. The van der Waals surface area contributed by atoms with Crippen molar-refractivity contribution in [3.05, 3.63) is 63.7 Å². The number of nitro groups is 1. The average molecular weight is 371 g/mol. The predicted octanol–water partition coefficient (Wildman–Crippen LogP) is 2.99. The molecule has 1 N–H and O–H groups in total. The average Bonchev–Trinajstić information content (AvgIpc) is 2.53. The fraction of sp³-hybridized carbons (Fsp3) is 0.200. The third-order valence-electron chi connectivity index (χ3n) is 3.05. The van der Waals surface area contributed by atoms with E-state index in [1.807, 2.05) is 6.07 Å². The third kappa shape index (κ3) is 4.67. The Labute approximate surface area is 144 Å². The predicted molar refractivity (Wildman–Crippen MR) is 89.8 cm³/mol. The van der Waals surface area contributed by atoms with E-state index in [2.05, 4.69) is 4.72 Å². The Morgan fingerprint density at radius 1 is 1.25 bits per heavy atom. The van der Waals surface area contributed by atoms with Gasteiger partial charge < -0.3 is 4.74 Å². The first-order valence-electron chi connectivity index (χ1n) is 6.95. The Bertz CT molecular complexity index is 827.